The van der Waals surface area contributed by atoms with Gasteiger partial charge in [0.2, 0.25) is 0 Å². The van der Waals surface area contributed by atoms with E-state index < -0.39 is 21.7 Å². The van der Waals surface area contributed by atoms with Gasteiger partial charge in [-0.3, -0.25) is 0 Å². The molecular formula is C112H68N2. The minimum absolute atomic E-state index is 0.468. The van der Waals surface area contributed by atoms with Crippen molar-refractivity contribution in [1.29, 1.82) is 0 Å². The van der Waals surface area contributed by atoms with Crippen LogP contribution in [0.15, 0.2) is 413 Å². The maximum atomic E-state index is 2.54. The molecule has 526 valence electrons. The molecule has 0 atom stereocenters. The molecule has 0 N–H and O–H groups in total. The molecule has 2 heteroatoms. The summed E-state index contributed by atoms with van der Waals surface area (Å²) in [6.07, 6.45) is 0. The lowest BCUT2D eigenvalue weighted by Gasteiger charge is -2.33. The second-order valence-corrected chi connectivity index (χ2v) is 32.2. The molecule has 2 nitrogen and oxygen atoms in total. The monoisotopic (exact) mass is 1440 g/mol. The Labute approximate surface area is 662 Å². The quantitative estimate of drug-likeness (QED) is 0.157. The zero-order valence-corrected chi connectivity index (χ0v) is 62.2. The van der Waals surface area contributed by atoms with Gasteiger partial charge in [0.25, 0.3) is 0 Å². The fourth-order valence-corrected chi connectivity index (χ4v) is 23.4. The zero-order chi connectivity index (χ0) is 74.3. The van der Waals surface area contributed by atoms with Crippen LogP contribution in [0.25, 0.3) is 100 Å². The van der Waals surface area contributed by atoms with Crippen LogP contribution >= 0.6 is 0 Å². The molecule has 8 aliphatic carbocycles. The van der Waals surface area contributed by atoms with Crippen molar-refractivity contribution in [2.45, 2.75) is 21.7 Å². The summed E-state index contributed by atoms with van der Waals surface area (Å²) >= 11 is 0. The van der Waals surface area contributed by atoms with Gasteiger partial charge in [0.15, 0.2) is 0 Å². The summed E-state index contributed by atoms with van der Waals surface area (Å²) in [7, 11) is 0. The Hall–Kier alpha value is -14.4. The predicted octanol–water partition coefficient (Wildman–Crippen LogP) is 27.7. The van der Waals surface area contributed by atoms with Gasteiger partial charge in [-0.25, -0.2) is 0 Å². The second kappa shape index (κ2) is 22.6. The van der Waals surface area contributed by atoms with Crippen LogP contribution in [0.5, 0.6) is 0 Å². The van der Waals surface area contributed by atoms with E-state index >= 15 is 0 Å². The molecule has 114 heavy (non-hydrogen) atoms. The van der Waals surface area contributed by atoms with Crippen LogP contribution in [0.4, 0.5) is 34.1 Å². The van der Waals surface area contributed by atoms with Crippen LogP contribution in [-0.4, -0.2) is 0 Å². The molecule has 0 saturated carbocycles. The van der Waals surface area contributed by atoms with Gasteiger partial charge < -0.3 is 9.80 Å². The number of fused-ring (bicyclic) bond motifs is 40. The third-order valence-corrected chi connectivity index (χ3v) is 27.5. The predicted molar refractivity (Wildman–Crippen MR) is 466 cm³/mol. The van der Waals surface area contributed by atoms with Crippen molar-refractivity contribution in [2.24, 2.45) is 0 Å². The summed E-state index contributed by atoms with van der Waals surface area (Å²) in [5.41, 5.74) is 48.7. The van der Waals surface area contributed by atoms with Crippen molar-refractivity contribution >= 4 is 34.1 Å². The summed E-state index contributed by atoms with van der Waals surface area (Å²) in [6.45, 7) is 0. The van der Waals surface area contributed by atoms with Gasteiger partial charge in [-0.05, 0) is 262 Å². The minimum atomic E-state index is -0.522. The Morgan fingerprint density at radius 3 is 0.500 bits per heavy atom. The third kappa shape index (κ3) is 7.62. The molecule has 26 rings (SSSR count). The highest BCUT2D eigenvalue weighted by molar-refractivity contribution is 6.03. The first-order valence-electron chi connectivity index (χ1n) is 40.1. The average Bonchev–Trinajstić information content (AvgIpc) is 1.53. The minimum Gasteiger partial charge on any atom is -0.310 e. The Morgan fingerprint density at radius 2 is 0.272 bits per heavy atom. The molecule has 0 saturated heterocycles. The van der Waals surface area contributed by atoms with Gasteiger partial charge in [-0.2, -0.15) is 0 Å². The van der Waals surface area contributed by atoms with Crippen molar-refractivity contribution in [3.8, 4) is 100 Å². The van der Waals surface area contributed by atoms with E-state index in [4.69, 9.17) is 0 Å². The fraction of sp³-hybridized carbons (Fsp3) is 0.0357. The lowest BCUT2D eigenvalue weighted by atomic mass is 9.70. The molecule has 0 bridgehead atoms. The van der Waals surface area contributed by atoms with Crippen molar-refractivity contribution in [3.63, 3.8) is 0 Å². The van der Waals surface area contributed by atoms with Gasteiger partial charge in [-0.1, -0.05) is 340 Å². The smallest absolute Gasteiger partial charge is 0.0726 e. The van der Waals surface area contributed by atoms with Crippen molar-refractivity contribution < 1.29 is 0 Å². The highest BCUT2D eigenvalue weighted by Gasteiger charge is 2.57. The molecule has 18 aromatic carbocycles. The van der Waals surface area contributed by atoms with Crippen LogP contribution in [0.3, 0.4) is 0 Å². The number of anilines is 6. The molecule has 8 aliphatic rings. The van der Waals surface area contributed by atoms with Gasteiger partial charge in [0.05, 0.1) is 21.7 Å². The molecule has 0 heterocycles. The van der Waals surface area contributed by atoms with Crippen LogP contribution in [0, 0.1) is 0 Å². The Balaban J connectivity index is 0.642. The summed E-state index contributed by atoms with van der Waals surface area (Å²) < 4.78 is 0. The molecule has 0 fully saturated rings. The first-order chi connectivity index (χ1) is 56.5. The Kier molecular flexibility index (Phi) is 12.4. The summed E-state index contributed by atoms with van der Waals surface area (Å²) in [5, 5.41) is 0. The lowest BCUT2D eigenvalue weighted by Crippen LogP contribution is -2.26. The fourth-order valence-electron chi connectivity index (χ4n) is 23.4. The van der Waals surface area contributed by atoms with E-state index in [2.05, 4.69) is 422 Å². The highest BCUT2D eigenvalue weighted by Crippen LogP contribution is 2.69. The normalized spacial score (nSPS) is 14.8. The van der Waals surface area contributed by atoms with E-state index in [1.165, 1.54) is 178 Å². The maximum absolute atomic E-state index is 2.54. The second-order valence-electron chi connectivity index (χ2n) is 32.2. The van der Waals surface area contributed by atoms with Crippen LogP contribution in [0.2, 0.25) is 0 Å². The van der Waals surface area contributed by atoms with Gasteiger partial charge in [-0.15, -0.1) is 0 Å². The molecule has 0 radical (unpaired) electrons. The van der Waals surface area contributed by atoms with Crippen molar-refractivity contribution in [3.05, 3.63) is 502 Å². The molecule has 0 unspecified atom stereocenters. The van der Waals surface area contributed by atoms with Crippen molar-refractivity contribution in [1.82, 2.24) is 0 Å². The topological polar surface area (TPSA) is 6.48 Å². The van der Waals surface area contributed by atoms with Gasteiger partial charge in [0, 0.05) is 34.1 Å². The van der Waals surface area contributed by atoms with E-state index in [1.54, 1.807) is 0 Å². The van der Waals surface area contributed by atoms with Crippen LogP contribution < -0.4 is 9.80 Å². The van der Waals surface area contributed by atoms with E-state index in [0.29, 0.717) is 0 Å². The molecule has 0 aromatic heterocycles. The van der Waals surface area contributed by atoms with Crippen molar-refractivity contribution in [2.75, 3.05) is 9.80 Å². The molecule has 4 spiro atoms. The lowest BCUT2D eigenvalue weighted by molar-refractivity contribution is 0.793. The molecular weight excluding hydrogens is 1370 g/mol. The van der Waals surface area contributed by atoms with E-state index in [-0.39, 0.29) is 0 Å². The first-order valence-corrected chi connectivity index (χ1v) is 40.1. The highest BCUT2D eigenvalue weighted by atomic mass is 15.1. The SMILES string of the molecule is c1ccc2c(c1)-c1ccccc1C21c2ccccc2-c2cc(N(c3ccc(-c4ccc(N(c5ccc6c(c5)-c5ccccc5C65c6ccccc6-c6ccccc65)c5ccc6c(c5)C5(c7ccccc7-c7ccccc75)c5ccccc5-6)cc4)cc3)c3ccc4c(c3)C3(c5ccccc5-c5ccccc53)c3ccccc3-4)ccc21. The standard InChI is InChI=1S/C112H68N2/c1-13-37-93-77(25-1)78-26-2-14-38-94(78)109(93)103-47-23-11-35-87(103)91-65-73(59-63-105(91)109)113(75-57-61-89-85-33-9-21-45-101(85)111(107(89)67-75)97-41-17-5-29-81(97)82-30-6-18-42-98(82)111)71-53-49-69(50-54-71)70-51-55-72(56-52-70)114(74-60-64-106-92(66-74)88-36-12-24-48-104(88)110(106)95-39-15-3-27-79(95)80-28-4-16-40-96(80)110)76-58-62-90-86-34-10-22-46-102(86)112(108(90)68-76)99-43-19-7-31-83(99)84-32-8-20-44-100(84)112/h1-68H. The van der Waals surface area contributed by atoms with Crippen LogP contribution in [-0.2, 0) is 21.7 Å². The maximum Gasteiger partial charge on any atom is 0.0726 e. The third-order valence-electron chi connectivity index (χ3n) is 27.5. The average molecular weight is 1440 g/mol. The largest absolute Gasteiger partial charge is 0.310 e. The van der Waals surface area contributed by atoms with Crippen LogP contribution in [0.1, 0.15) is 89.0 Å². The van der Waals surface area contributed by atoms with Gasteiger partial charge >= 0.3 is 0 Å². The molecule has 18 aromatic rings. The van der Waals surface area contributed by atoms with Gasteiger partial charge in [0.1, 0.15) is 0 Å². The Morgan fingerprint density at radius 1 is 0.114 bits per heavy atom. The number of benzene rings is 18. The summed E-state index contributed by atoms with van der Waals surface area (Å²) in [6, 6.07) is 158. The van der Waals surface area contributed by atoms with E-state index in [1.807, 2.05) is 0 Å². The zero-order valence-electron chi connectivity index (χ0n) is 62.2. The Bertz CT molecular complexity index is 6620. The van der Waals surface area contributed by atoms with E-state index in [0.717, 1.165) is 45.3 Å². The first kappa shape index (κ1) is 62.3. The number of nitrogens with zero attached hydrogens (tertiary/aromatic N) is 2. The number of hydrogen-bond acceptors (Lipinski definition) is 2. The molecule has 0 aliphatic heterocycles. The number of rotatable bonds is 7. The summed E-state index contributed by atoms with van der Waals surface area (Å²) in [4.78, 5) is 5.06. The summed E-state index contributed by atoms with van der Waals surface area (Å²) in [5.74, 6) is 0. The van der Waals surface area contributed by atoms with E-state index in [9.17, 15) is 0 Å². The molecule has 0 amide bonds. The number of hydrogen-bond donors (Lipinski definition) is 0.